The molecule has 2 unspecified atom stereocenters. The number of nitrogens with one attached hydrogen (secondary N) is 2. The van der Waals surface area contributed by atoms with E-state index >= 15 is 0 Å². The maximum atomic E-state index is 12.3. The van der Waals surface area contributed by atoms with Gasteiger partial charge in [0.2, 0.25) is 5.91 Å². The summed E-state index contributed by atoms with van der Waals surface area (Å²) in [6.07, 6.45) is 2.13. The van der Waals surface area contributed by atoms with E-state index in [0.717, 1.165) is 6.42 Å². The van der Waals surface area contributed by atoms with E-state index in [9.17, 15) is 14.4 Å². The van der Waals surface area contributed by atoms with Crippen LogP contribution in [0.3, 0.4) is 0 Å². The minimum atomic E-state index is -0.790. The molecule has 3 N–H and O–H groups in total. The standard InChI is InChI=1S/C28H36N2O5/c1-19(12-14-27(32)33)15-16-29-26(31)13-11-20(2)17-30-28(34)35-18-25-23-9-5-3-7-21(23)22-8-4-6-10-24(22)25/h3-10,19-20,25H,11-18H2,1-2H3,(H,29,31)(H,30,34)(H,32,33). The number of rotatable bonds is 13. The van der Waals surface area contributed by atoms with E-state index in [-0.39, 0.29) is 36.7 Å². The third-order valence-corrected chi connectivity index (χ3v) is 6.61. The van der Waals surface area contributed by atoms with Gasteiger partial charge in [0.05, 0.1) is 0 Å². The van der Waals surface area contributed by atoms with Crippen LogP contribution < -0.4 is 10.6 Å². The number of carbonyl (C=O) groups is 3. The van der Waals surface area contributed by atoms with Crippen molar-refractivity contribution in [3.63, 3.8) is 0 Å². The topological polar surface area (TPSA) is 105 Å². The summed E-state index contributed by atoms with van der Waals surface area (Å²) in [6, 6.07) is 16.5. The number of hydrogen-bond acceptors (Lipinski definition) is 4. The van der Waals surface area contributed by atoms with E-state index in [2.05, 4.69) is 34.9 Å². The van der Waals surface area contributed by atoms with E-state index in [0.29, 0.717) is 32.4 Å². The smallest absolute Gasteiger partial charge is 0.407 e. The van der Waals surface area contributed by atoms with Crippen molar-refractivity contribution < 1.29 is 24.2 Å². The van der Waals surface area contributed by atoms with Gasteiger partial charge in [0.1, 0.15) is 6.61 Å². The van der Waals surface area contributed by atoms with Crippen LogP contribution in [0.2, 0.25) is 0 Å². The lowest BCUT2D eigenvalue weighted by Gasteiger charge is -2.16. The summed E-state index contributed by atoms with van der Waals surface area (Å²) >= 11 is 0. The van der Waals surface area contributed by atoms with Crippen LogP contribution in [0, 0.1) is 11.8 Å². The van der Waals surface area contributed by atoms with Gasteiger partial charge >= 0.3 is 12.1 Å². The summed E-state index contributed by atoms with van der Waals surface area (Å²) in [4.78, 5) is 35.0. The van der Waals surface area contributed by atoms with Gasteiger partial charge in [-0.25, -0.2) is 4.79 Å². The first kappa shape index (κ1) is 26.3. The SMILES string of the molecule is CC(CCNC(=O)CCC(C)CNC(=O)OCC1c2ccccc2-c2ccccc21)CCC(=O)O. The van der Waals surface area contributed by atoms with Crippen molar-refractivity contribution in [1.82, 2.24) is 10.6 Å². The molecule has 0 radical (unpaired) electrons. The molecule has 0 spiro atoms. The van der Waals surface area contributed by atoms with Crippen molar-refractivity contribution in [2.75, 3.05) is 19.7 Å². The monoisotopic (exact) mass is 480 g/mol. The Balaban J connectivity index is 1.32. The predicted molar refractivity (Wildman–Crippen MR) is 135 cm³/mol. The molecule has 0 bridgehead atoms. The van der Waals surface area contributed by atoms with Gasteiger partial charge < -0.3 is 20.5 Å². The number of carboxylic acids is 1. The van der Waals surface area contributed by atoms with E-state index in [4.69, 9.17) is 9.84 Å². The summed E-state index contributed by atoms with van der Waals surface area (Å²) in [6.45, 7) is 5.25. The lowest BCUT2D eigenvalue weighted by atomic mass is 9.98. The van der Waals surface area contributed by atoms with Crippen LogP contribution in [-0.2, 0) is 14.3 Å². The molecule has 2 aromatic rings. The van der Waals surface area contributed by atoms with Crippen molar-refractivity contribution in [1.29, 1.82) is 0 Å². The highest BCUT2D eigenvalue weighted by atomic mass is 16.5. The number of amides is 2. The number of hydrogen-bond donors (Lipinski definition) is 3. The Labute approximate surface area is 207 Å². The van der Waals surface area contributed by atoms with Crippen LogP contribution in [0.4, 0.5) is 4.79 Å². The van der Waals surface area contributed by atoms with Crippen molar-refractivity contribution >= 4 is 18.0 Å². The lowest BCUT2D eigenvalue weighted by Crippen LogP contribution is -2.31. The minimum absolute atomic E-state index is 0.0246. The average Bonchev–Trinajstić information content (AvgIpc) is 3.17. The molecule has 2 aromatic carbocycles. The van der Waals surface area contributed by atoms with E-state index in [1.807, 2.05) is 38.1 Å². The highest BCUT2D eigenvalue weighted by Gasteiger charge is 2.29. The van der Waals surface area contributed by atoms with Gasteiger partial charge in [-0.15, -0.1) is 0 Å². The van der Waals surface area contributed by atoms with Crippen molar-refractivity contribution in [2.24, 2.45) is 11.8 Å². The molecule has 2 atom stereocenters. The molecule has 0 saturated carbocycles. The highest BCUT2D eigenvalue weighted by molar-refractivity contribution is 5.79. The average molecular weight is 481 g/mol. The number of fused-ring (bicyclic) bond motifs is 3. The Morgan fingerprint density at radius 1 is 0.857 bits per heavy atom. The maximum absolute atomic E-state index is 12.3. The second-order valence-electron chi connectivity index (χ2n) is 9.53. The molecule has 0 heterocycles. The van der Waals surface area contributed by atoms with Crippen LogP contribution in [0.1, 0.15) is 63.0 Å². The van der Waals surface area contributed by atoms with Gasteiger partial charge in [-0.2, -0.15) is 0 Å². The van der Waals surface area contributed by atoms with E-state index < -0.39 is 12.1 Å². The third kappa shape index (κ3) is 7.84. The van der Waals surface area contributed by atoms with Crippen LogP contribution >= 0.6 is 0 Å². The fraction of sp³-hybridized carbons (Fsp3) is 0.464. The number of ether oxygens (including phenoxy) is 1. The molecule has 0 aliphatic heterocycles. The number of carboxylic acid groups (broad SMARTS) is 1. The summed E-state index contributed by atoms with van der Waals surface area (Å²) < 4.78 is 5.56. The molecule has 0 fully saturated rings. The molecular weight excluding hydrogens is 444 g/mol. The van der Waals surface area contributed by atoms with Crippen LogP contribution in [0.15, 0.2) is 48.5 Å². The summed E-state index contributed by atoms with van der Waals surface area (Å²) in [7, 11) is 0. The van der Waals surface area contributed by atoms with Gasteiger partial charge in [-0.3, -0.25) is 9.59 Å². The zero-order chi connectivity index (χ0) is 25.2. The Morgan fingerprint density at radius 3 is 2.09 bits per heavy atom. The maximum Gasteiger partial charge on any atom is 0.407 e. The quantitative estimate of drug-likeness (QED) is 0.376. The number of aliphatic carboxylic acids is 1. The molecule has 0 aromatic heterocycles. The molecular formula is C28H36N2O5. The van der Waals surface area contributed by atoms with Gasteiger partial charge in [-0.05, 0) is 53.4 Å². The van der Waals surface area contributed by atoms with Gasteiger partial charge in [0, 0.05) is 31.8 Å². The Hall–Kier alpha value is -3.35. The van der Waals surface area contributed by atoms with Crippen molar-refractivity contribution in [3.05, 3.63) is 59.7 Å². The van der Waals surface area contributed by atoms with Crippen LogP contribution in [-0.4, -0.2) is 42.8 Å². The van der Waals surface area contributed by atoms with Gasteiger partial charge in [0.15, 0.2) is 0 Å². The van der Waals surface area contributed by atoms with Crippen LogP contribution in [0.25, 0.3) is 11.1 Å². The third-order valence-electron chi connectivity index (χ3n) is 6.61. The second kappa shape index (κ2) is 12.9. The molecule has 7 nitrogen and oxygen atoms in total. The summed E-state index contributed by atoms with van der Waals surface area (Å²) in [5.41, 5.74) is 4.74. The number of carbonyl (C=O) groups excluding carboxylic acids is 2. The number of benzene rings is 2. The molecule has 0 saturated heterocycles. The normalized spacial score (nSPS) is 13.9. The first-order chi connectivity index (χ1) is 16.8. The number of alkyl carbamates (subject to hydrolysis) is 1. The minimum Gasteiger partial charge on any atom is -0.481 e. The van der Waals surface area contributed by atoms with Crippen LogP contribution in [0.5, 0.6) is 0 Å². The van der Waals surface area contributed by atoms with Gasteiger partial charge in [0.25, 0.3) is 0 Å². The summed E-state index contributed by atoms with van der Waals surface area (Å²) in [5, 5.41) is 14.4. The molecule has 2 amide bonds. The largest absolute Gasteiger partial charge is 0.481 e. The molecule has 35 heavy (non-hydrogen) atoms. The molecule has 7 heteroatoms. The predicted octanol–water partition coefficient (Wildman–Crippen LogP) is 4.95. The molecule has 3 rings (SSSR count). The lowest BCUT2D eigenvalue weighted by molar-refractivity contribution is -0.137. The first-order valence-electron chi connectivity index (χ1n) is 12.4. The summed E-state index contributed by atoms with van der Waals surface area (Å²) in [5.74, 6) is -0.395. The van der Waals surface area contributed by atoms with E-state index in [1.54, 1.807) is 0 Å². The van der Waals surface area contributed by atoms with Crippen molar-refractivity contribution in [3.8, 4) is 11.1 Å². The second-order valence-corrected chi connectivity index (χ2v) is 9.53. The Kier molecular flexibility index (Phi) is 9.70. The van der Waals surface area contributed by atoms with E-state index in [1.165, 1.54) is 22.3 Å². The highest BCUT2D eigenvalue weighted by Crippen LogP contribution is 2.44. The Bertz CT molecular complexity index is 976. The molecule has 1 aliphatic carbocycles. The Morgan fingerprint density at radius 2 is 1.46 bits per heavy atom. The van der Waals surface area contributed by atoms with Crippen molar-refractivity contribution in [2.45, 2.75) is 51.9 Å². The molecule has 188 valence electrons. The zero-order valence-corrected chi connectivity index (χ0v) is 20.6. The van der Waals surface area contributed by atoms with Gasteiger partial charge in [-0.1, -0.05) is 62.4 Å². The zero-order valence-electron chi connectivity index (χ0n) is 20.6. The fourth-order valence-electron chi connectivity index (χ4n) is 4.45. The first-order valence-corrected chi connectivity index (χ1v) is 12.4. The fourth-order valence-corrected chi connectivity index (χ4v) is 4.45. The molecule has 1 aliphatic rings.